The Kier molecular flexibility index (Phi) is 3.07. The quantitative estimate of drug-likeness (QED) is 0.603. The Hall–Kier alpha value is -0.360. The molecule has 60 valence electrons. The molecule has 0 saturated heterocycles. The van der Waals surface area contributed by atoms with Gasteiger partial charge in [0.15, 0.2) is 5.43 Å². The van der Waals surface area contributed by atoms with E-state index in [1.54, 1.807) is 12.1 Å². The molecule has 1 aromatic rings. The molecule has 0 spiro atoms. The Morgan fingerprint density at radius 1 is 1.55 bits per heavy atom. The van der Waals surface area contributed by atoms with Gasteiger partial charge in [0.2, 0.25) is 0 Å². The third-order valence-corrected chi connectivity index (χ3v) is 1.86. The molecule has 1 aromatic heterocycles. The lowest BCUT2D eigenvalue weighted by Crippen LogP contribution is -2.09. The summed E-state index contributed by atoms with van der Waals surface area (Å²) in [6, 6.07) is 3.13. The number of hydrogen-bond acceptors (Lipinski definition) is 2. The van der Waals surface area contributed by atoms with Crippen LogP contribution in [0.2, 0.25) is 0 Å². The fourth-order valence-electron chi connectivity index (χ4n) is 0.854. The van der Waals surface area contributed by atoms with Crippen LogP contribution in [0.1, 0.15) is 5.69 Å². The van der Waals surface area contributed by atoms with Gasteiger partial charge in [-0.2, -0.15) is 0 Å². The predicted molar refractivity (Wildman–Crippen MR) is 52.5 cm³/mol. The van der Waals surface area contributed by atoms with Gasteiger partial charge in [-0.05, 0) is 35.6 Å². The van der Waals surface area contributed by atoms with E-state index in [9.17, 15) is 4.79 Å². The molecular formula is C7H9IN2O. The maximum Gasteiger partial charge on any atom is 0.182 e. The lowest BCUT2D eigenvalue weighted by atomic mass is 10.3. The molecule has 0 aromatic carbocycles. The predicted octanol–water partition coefficient (Wildman–Crippen LogP) is 0.481. The van der Waals surface area contributed by atoms with Crippen molar-refractivity contribution in [3.8, 4) is 0 Å². The van der Waals surface area contributed by atoms with E-state index in [1.807, 2.05) is 0 Å². The number of nitrogens with two attached hydrogens (primary N) is 1. The summed E-state index contributed by atoms with van der Waals surface area (Å²) in [6.07, 6.45) is 0.728. The highest BCUT2D eigenvalue weighted by Crippen LogP contribution is 1.98. The van der Waals surface area contributed by atoms with Crippen molar-refractivity contribution in [3.05, 3.63) is 31.8 Å². The number of pyridine rings is 1. The molecule has 3 N–H and O–H groups in total. The van der Waals surface area contributed by atoms with Gasteiger partial charge in [0, 0.05) is 17.8 Å². The molecule has 0 unspecified atom stereocenters. The van der Waals surface area contributed by atoms with E-state index in [1.165, 1.54) is 0 Å². The molecule has 0 aliphatic heterocycles. The molecular weight excluding hydrogens is 255 g/mol. The third-order valence-electron chi connectivity index (χ3n) is 1.28. The number of halogens is 1. The molecule has 0 bridgehead atoms. The first kappa shape index (κ1) is 8.73. The lowest BCUT2D eigenvalue weighted by molar-refractivity contribution is 0.913. The van der Waals surface area contributed by atoms with Gasteiger partial charge in [-0.3, -0.25) is 4.79 Å². The molecule has 0 radical (unpaired) electrons. The molecule has 11 heavy (non-hydrogen) atoms. The van der Waals surface area contributed by atoms with Gasteiger partial charge in [-0.1, -0.05) is 0 Å². The number of H-pyrrole nitrogens is 1. The van der Waals surface area contributed by atoms with Crippen LogP contribution in [0.25, 0.3) is 0 Å². The molecule has 3 nitrogen and oxygen atoms in total. The second-order valence-electron chi connectivity index (χ2n) is 2.23. The van der Waals surface area contributed by atoms with E-state index in [0.717, 1.165) is 15.8 Å². The molecule has 1 rings (SSSR count). The minimum atomic E-state index is 0.0385. The molecule has 0 atom stereocenters. The van der Waals surface area contributed by atoms with E-state index in [2.05, 4.69) is 27.6 Å². The summed E-state index contributed by atoms with van der Waals surface area (Å²) in [5.41, 5.74) is 6.28. The summed E-state index contributed by atoms with van der Waals surface area (Å²) in [5, 5.41) is 0. The van der Waals surface area contributed by atoms with Crippen LogP contribution in [0.3, 0.4) is 0 Å². The summed E-state index contributed by atoms with van der Waals surface area (Å²) >= 11 is 2.07. The fraction of sp³-hybridized carbons (Fsp3) is 0.286. The van der Waals surface area contributed by atoms with Crippen molar-refractivity contribution in [2.75, 3.05) is 6.54 Å². The first-order chi connectivity index (χ1) is 5.22. The van der Waals surface area contributed by atoms with Crippen molar-refractivity contribution in [2.24, 2.45) is 5.73 Å². The maximum atomic E-state index is 10.9. The average molecular weight is 264 g/mol. The van der Waals surface area contributed by atoms with Gasteiger partial charge in [-0.15, -0.1) is 0 Å². The minimum absolute atomic E-state index is 0.0385. The molecule has 0 saturated carbocycles. The zero-order valence-electron chi connectivity index (χ0n) is 5.93. The van der Waals surface area contributed by atoms with Crippen LogP contribution >= 0.6 is 22.6 Å². The van der Waals surface area contributed by atoms with Crippen LogP contribution in [0.5, 0.6) is 0 Å². The van der Waals surface area contributed by atoms with Crippen molar-refractivity contribution >= 4 is 22.6 Å². The van der Waals surface area contributed by atoms with Gasteiger partial charge in [0.25, 0.3) is 0 Å². The van der Waals surface area contributed by atoms with Crippen molar-refractivity contribution < 1.29 is 0 Å². The Bertz CT molecular complexity index is 295. The van der Waals surface area contributed by atoms with E-state index in [-0.39, 0.29) is 5.43 Å². The van der Waals surface area contributed by atoms with E-state index in [4.69, 9.17) is 5.73 Å². The molecule has 0 fully saturated rings. The summed E-state index contributed by atoms with van der Waals surface area (Å²) in [6.45, 7) is 0.566. The summed E-state index contributed by atoms with van der Waals surface area (Å²) in [5.74, 6) is 0. The van der Waals surface area contributed by atoms with E-state index in [0.29, 0.717) is 6.54 Å². The molecule has 0 aliphatic carbocycles. The molecule has 0 aliphatic rings. The van der Waals surface area contributed by atoms with Crippen molar-refractivity contribution in [2.45, 2.75) is 6.42 Å². The number of rotatable bonds is 2. The Morgan fingerprint density at radius 2 is 2.27 bits per heavy atom. The smallest absolute Gasteiger partial charge is 0.182 e. The van der Waals surface area contributed by atoms with Gasteiger partial charge < -0.3 is 10.7 Å². The molecule has 4 heteroatoms. The lowest BCUT2D eigenvalue weighted by Gasteiger charge is -1.98. The van der Waals surface area contributed by atoms with Crippen LogP contribution < -0.4 is 11.2 Å². The summed E-state index contributed by atoms with van der Waals surface area (Å²) in [4.78, 5) is 14.0. The minimum Gasteiger partial charge on any atom is -0.354 e. The van der Waals surface area contributed by atoms with Crippen molar-refractivity contribution in [1.82, 2.24) is 4.98 Å². The summed E-state index contributed by atoms with van der Waals surface area (Å²) < 4.78 is 0.860. The highest BCUT2D eigenvalue weighted by Gasteiger charge is 1.94. The average Bonchev–Trinajstić information content (AvgIpc) is 1.85. The van der Waals surface area contributed by atoms with Crippen LogP contribution in [-0.4, -0.2) is 11.5 Å². The highest BCUT2D eigenvalue weighted by molar-refractivity contribution is 14.1. The van der Waals surface area contributed by atoms with E-state index >= 15 is 0 Å². The summed E-state index contributed by atoms with van der Waals surface area (Å²) in [7, 11) is 0. The highest BCUT2D eigenvalue weighted by atomic mass is 127. The number of aromatic amines is 1. The first-order valence-corrected chi connectivity index (χ1v) is 4.39. The third kappa shape index (κ3) is 2.63. The zero-order valence-corrected chi connectivity index (χ0v) is 8.09. The normalized spacial score (nSPS) is 10.0. The number of aromatic nitrogens is 1. The zero-order chi connectivity index (χ0) is 8.27. The SMILES string of the molecule is NCCc1cc(=O)cc(I)[nH]1. The molecule has 0 amide bonds. The number of hydrogen-bond donors (Lipinski definition) is 2. The Labute approximate surface area is 78.1 Å². The van der Waals surface area contributed by atoms with Crippen molar-refractivity contribution in [1.29, 1.82) is 0 Å². The fourth-order valence-corrected chi connectivity index (χ4v) is 1.51. The van der Waals surface area contributed by atoms with Crippen LogP contribution in [0.4, 0.5) is 0 Å². The second kappa shape index (κ2) is 3.87. The second-order valence-corrected chi connectivity index (χ2v) is 3.39. The largest absolute Gasteiger partial charge is 0.354 e. The Balaban J connectivity index is 2.99. The monoisotopic (exact) mass is 264 g/mol. The van der Waals surface area contributed by atoms with Gasteiger partial charge >= 0.3 is 0 Å². The first-order valence-electron chi connectivity index (χ1n) is 3.31. The molecule has 1 heterocycles. The van der Waals surface area contributed by atoms with Gasteiger partial charge in [-0.25, -0.2) is 0 Å². The van der Waals surface area contributed by atoms with Gasteiger partial charge in [0.1, 0.15) is 0 Å². The van der Waals surface area contributed by atoms with Crippen molar-refractivity contribution in [3.63, 3.8) is 0 Å². The van der Waals surface area contributed by atoms with Crippen LogP contribution in [0, 0.1) is 3.70 Å². The number of nitrogens with one attached hydrogen (secondary N) is 1. The topological polar surface area (TPSA) is 58.9 Å². The van der Waals surface area contributed by atoms with Crippen LogP contribution in [-0.2, 0) is 6.42 Å². The standard InChI is InChI=1S/C7H9IN2O/c8-7-4-6(11)3-5(10-7)1-2-9/h3-4H,1-2,9H2,(H,10,11). The maximum absolute atomic E-state index is 10.9. The van der Waals surface area contributed by atoms with Gasteiger partial charge in [0.05, 0.1) is 3.70 Å². The van der Waals surface area contributed by atoms with E-state index < -0.39 is 0 Å². The van der Waals surface area contributed by atoms with Crippen LogP contribution in [0.15, 0.2) is 16.9 Å². The Morgan fingerprint density at radius 3 is 2.82 bits per heavy atom.